The molecule has 1 unspecified atom stereocenters. The third-order valence-electron chi connectivity index (χ3n) is 13.0. The van der Waals surface area contributed by atoms with Crippen molar-refractivity contribution in [3.63, 3.8) is 0 Å². The summed E-state index contributed by atoms with van der Waals surface area (Å²) in [4.78, 5) is 24.5. The van der Waals surface area contributed by atoms with Crippen molar-refractivity contribution in [2.24, 2.45) is 0 Å². The van der Waals surface area contributed by atoms with Crippen LogP contribution in [0, 0.1) is 0 Å². The summed E-state index contributed by atoms with van der Waals surface area (Å²) in [5, 5.41) is 9.66. The highest BCUT2D eigenvalue weighted by Gasteiger charge is 2.16. The molecule has 394 valence electrons. The van der Waals surface area contributed by atoms with E-state index in [1.807, 2.05) is 0 Å². The maximum absolute atomic E-state index is 12.3. The number of carbonyl (C=O) groups excluding carboxylic acids is 2. The first-order chi connectivity index (χ1) is 33.6. The molecule has 0 rings (SSSR count). The molecule has 5 heteroatoms. The minimum absolute atomic E-state index is 0.0625. The van der Waals surface area contributed by atoms with Crippen molar-refractivity contribution in [2.75, 3.05) is 13.2 Å². The Kier molecular flexibility index (Phi) is 56.4. The average molecular weight is 950 g/mol. The van der Waals surface area contributed by atoms with Crippen LogP contribution in [0.1, 0.15) is 296 Å². The predicted molar refractivity (Wildman–Crippen MR) is 297 cm³/mol. The summed E-state index contributed by atoms with van der Waals surface area (Å²) >= 11 is 0. The molecule has 0 spiro atoms. The summed E-state index contributed by atoms with van der Waals surface area (Å²) in [6.45, 7) is 4.06. The van der Waals surface area contributed by atoms with Crippen LogP contribution in [-0.2, 0) is 19.1 Å². The number of allylic oxidation sites excluding steroid dienone is 12. The SMILES string of the molecule is CC/C=C\C/C=C\C/C=C\C/C=C\C/C=C\C/C=C\CCCCCCCCCCCCCCCCCCC(=O)OC(CO)COC(=O)CCCCCCCCCCCCCCCCCCCCC. The number of esters is 2. The molecule has 0 amide bonds. The van der Waals surface area contributed by atoms with Gasteiger partial charge in [0.25, 0.3) is 0 Å². The fourth-order valence-electron chi connectivity index (χ4n) is 8.62. The third kappa shape index (κ3) is 55.9. The van der Waals surface area contributed by atoms with Gasteiger partial charge in [0.1, 0.15) is 6.61 Å². The normalized spacial score (nSPS) is 12.7. The van der Waals surface area contributed by atoms with Crippen LogP contribution in [0.25, 0.3) is 0 Å². The lowest BCUT2D eigenvalue weighted by Gasteiger charge is -2.15. The standard InChI is InChI=1S/C63H112O5/c1-3-5-7-9-11-13-15-17-19-21-23-24-25-26-27-28-29-30-31-32-33-34-35-36-37-38-40-42-44-46-48-50-52-54-56-58-63(66)68-61(59-64)60-67-62(65)57-55-53-51-49-47-45-43-41-39-22-20-18-16-14-12-10-8-6-4-2/h5,7,11,13,17,19,23-24,26-27,29-30,61,64H,3-4,6,8-10,12,14-16,18,20-22,25,28,31-60H2,1-2H3/b7-5-,13-11-,19-17-,24-23-,27-26-,30-29-. The van der Waals surface area contributed by atoms with E-state index in [1.165, 1.54) is 193 Å². The van der Waals surface area contributed by atoms with Gasteiger partial charge >= 0.3 is 11.9 Å². The molecule has 0 saturated heterocycles. The van der Waals surface area contributed by atoms with Gasteiger partial charge in [-0.3, -0.25) is 9.59 Å². The molecule has 0 saturated carbocycles. The molecule has 5 nitrogen and oxygen atoms in total. The van der Waals surface area contributed by atoms with Gasteiger partial charge in [0, 0.05) is 12.8 Å². The molecule has 0 aliphatic heterocycles. The van der Waals surface area contributed by atoms with Crippen LogP contribution in [0.2, 0.25) is 0 Å². The highest BCUT2D eigenvalue weighted by Crippen LogP contribution is 2.17. The van der Waals surface area contributed by atoms with Gasteiger partial charge in [-0.2, -0.15) is 0 Å². The number of unbranched alkanes of at least 4 members (excludes halogenated alkanes) is 34. The van der Waals surface area contributed by atoms with E-state index in [0.717, 1.165) is 77.0 Å². The van der Waals surface area contributed by atoms with Gasteiger partial charge in [-0.05, 0) is 64.2 Å². The summed E-state index contributed by atoms with van der Waals surface area (Å²) in [6.07, 6.45) is 80.3. The Bertz CT molecular complexity index is 1210. The Morgan fingerprint density at radius 3 is 0.956 bits per heavy atom. The highest BCUT2D eigenvalue weighted by atomic mass is 16.6. The van der Waals surface area contributed by atoms with Crippen molar-refractivity contribution in [1.82, 2.24) is 0 Å². The largest absolute Gasteiger partial charge is 0.462 e. The van der Waals surface area contributed by atoms with E-state index in [0.29, 0.717) is 12.8 Å². The monoisotopic (exact) mass is 949 g/mol. The second-order valence-electron chi connectivity index (χ2n) is 19.7. The summed E-state index contributed by atoms with van der Waals surface area (Å²) in [5.41, 5.74) is 0. The van der Waals surface area contributed by atoms with Crippen LogP contribution in [0.15, 0.2) is 72.9 Å². The van der Waals surface area contributed by atoms with Gasteiger partial charge in [0.2, 0.25) is 0 Å². The first-order valence-electron chi connectivity index (χ1n) is 29.5. The minimum atomic E-state index is -0.772. The minimum Gasteiger partial charge on any atom is -0.462 e. The smallest absolute Gasteiger partial charge is 0.306 e. The van der Waals surface area contributed by atoms with Gasteiger partial charge in [-0.25, -0.2) is 0 Å². The second kappa shape index (κ2) is 58.7. The summed E-state index contributed by atoms with van der Waals surface area (Å²) in [7, 11) is 0. The predicted octanol–water partition coefficient (Wildman–Crippen LogP) is 20.0. The number of hydrogen-bond donors (Lipinski definition) is 1. The molecule has 0 aromatic carbocycles. The zero-order valence-electron chi connectivity index (χ0n) is 45.1. The van der Waals surface area contributed by atoms with Gasteiger partial charge < -0.3 is 14.6 Å². The molecule has 68 heavy (non-hydrogen) atoms. The van der Waals surface area contributed by atoms with Crippen molar-refractivity contribution < 1.29 is 24.2 Å². The molecule has 0 aromatic heterocycles. The van der Waals surface area contributed by atoms with Gasteiger partial charge in [0.15, 0.2) is 6.10 Å². The molecule has 0 aromatic rings. The lowest BCUT2D eigenvalue weighted by atomic mass is 10.0. The Labute approximate surface area is 423 Å². The molecule has 1 N–H and O–H groups in total. The maximum atomic E-state index is 12.3. The van der Waals surface area contributed by atoms with E-state index in [1.54, 1.807) is 0 Å². The molecule has 1 atom stereocenters. The molecule has 0 aliphatic rings. The zero-order valence-corrected chi connectivity index (χ0v) is 45.1. The Balaban J connectivity index is 3.46. The fourth-order valence-corrected chi connectivity index (χ4v) is 8.62. The first kappa shape index (κ1) is 65.3. The average Bonchev–Trinajstić information content (AvgIpc) is 3.34. The fraction of sp³-hybridized carbons (Fsp3) is 0.778. The molecule has 0 aliphatic carbocycles. The van der Waals surface area contributed by atoms with Crippen LogP contribution < -0.4 is 0 Å². The topological polar surface area (TPSA) is 72.8 Å². The van der Waals surface area contributed by atoms with Gasteiger partial charge in [-0.1, -0.05) is 292 Å². The molecule has 0 radical (unpaired) electrons. The van der Waals surface area contributed by atoms with E-state index in [4.69, 9.17) is 9.47 Å². The zero-order chi connectivity index (χ0) is 49.2. The first-order valence-corrected chi connectivity index (χ1v) is 29.5. The molecule has 0 heterocycles. The highest BCUT2D eigenvalue weighted by molar-refractivity contribution is 5.70. The Hall–Kier alpha value is -2.66. The van der Waals surface area contributed by atoms with Crippen LogP contribution in [0.4, 0.5) is 0 Å². The summed E-state index contributed by atoms with van der Waals surface area (Å²) < 4.78 is 10.7. The van der Waals surface area contributed by atoms with Crippen molar-refractivity contribution in [3.05, 3.63) is 72.9 Å². The number of ether oxygens (including phenoxy) is 2. The number of aliphatic hydroxyl groups excluding tert-OH is 1. The molecular formula is C63H112O5. The van der Waals surface area contributed by atoms with Crippen LogP contribution in [0.3, 0.4) is 0 Å². The third-order valence-corrected chi connectivity index (χ3v) is 13.0. The Morgan fingerprint density at radius 2 is 0.632 bits per heavy atom. The van der Waals surface area contributed by atoms with E-state index >= 15 is 0 Å². The van der Waals surface area contributed by atoms with E-state index in [-0.39, 0.29) is 25.2 Å². The van der Waals surface area contributed by atoms with E-state index in [9.17, 15) is 14.7 Å². The number of carbonyl (C=O) groups is 2. The molecular weight excluding hydrogens is 837 g/mol. The van der Waals surface area contributed by atoms with Crippen molar-refractivity contribution in [2.45, 2.75) is 302 Å². The van der Waals surface area contributed by atoms with Crippen LogP contribution in [-0.4, -0.2) is 36.4 Å². The van der Waals surface area contributed by atoms with Gasteiger partial charge in [0.05, 0.1) is 6.61 Å². The lowest BCUT2D eigenvalue weighted by molar-refractivity contribution is -0.161. The maximum Gasteiger partial charge on any atom is 0.306 e. The summed E-state index contributed by atoms with van der Waals surface area (Å²) in [6, 6.07) is 0. The van der Waals surface area contributed by atoms with Crippen LogP contribution >= 0.6 is 0 Å². The summed E-state index contributed by atoms with van der Waals surface area (Å²) in [5.74, 6) is -0.576. The lowest BCUT2D eigenvalue weighted by Crippen LogP contribution is -2.28. The second-order valence-corrected chi connectivity index (χ2v) is 19.7. The van der Waals surface area contributed by atoms with E-state index < -0.39 is 6.10 Å². The van der Waals surface area contributed by atoms with Gasteiger partial charge in [-0.15, -0.1) is 0 Å². The van der Waals surface area contributed by atoms with Crippen molar-refractivity contribution in [1.29, 1.82) is 0 Å². The van der Waals surface area contributed by atoms with E-state index in [2.05, 4.69) is 86.8 Å². The quantitative estimate of drug-likeness (QED) is 0.0374. The number of aliphatic hydroxyl groups is 1. The van der Waals surface area contributed by atoms with Crippen molar-refractivity contribution in [3.8, 4) is 0 Å². The van der Waals surface area contributed by atoms with Crippen LogP contribution in [0.5, 0.6) is 0 Å². The molecule has 0 fully saturated rings. The number of rotatable bonds is 54. The van der Waals surface area contributed by atoms with Crippen molar-refractivity contribution >= 4 is 11.9 Å². The number of hydrogen-bond acceptors (Lipinski definition) is 5. The Morgan fingerprint density at radius 1 is 0.353 bits per heavy atom. The molecule has 0 bridgehead atoms.